The lowest BCUT2D eigenvalue weighted by atomic mass is 10.1. The zero-order valence-corrected chi connectivity index (χ0v) is 10.1. The maximum atomic E-state index is 10.7. The number of halogens is 1. The van der Waals surface area contributed by atoms with Crippen LogP contribution in [0.25, 0.3) is 10.9 Å². The predicted molar refractivity (Wildman–Crippen MR) is 67.7 cm³/mol. The van der Waals surface area contributed by atoms with Crippen LogP contribution in [-0.4, -0.2) is 17.0 Å². The molecule has 1 N–H and O–H groups in total. The van der Waals surface area contributed by atoms with E-state index in [2.05, 4.69) is 10.3 Å². The average Bonchev–Trinajstić information content (AvgIpc) is 2.27. The topological polar surface area (TPSA) is 68.1 Å². The molecular formula is C11H10ClN3O2. The second-order valence-corrected chi connectivity index (χ2v) is 4.07. The molecule has 88 valence electrons. The van der Waals surface area contributed by atoms with Gasteiger partial charge in [0.1, 0.15) is 5.82 Å². The highest BCUT2D eigenvalue weighted by atomic mass is 35.5. The summed E-state index contributed by atoms with van der Waals surface area (Å²) in [6.45, 7) is 1.88. The molecule has 1 aromatic carbocycles. The normalized spacial score (nSPS) is 10.5. The number of nitro benzene ring substituents is 1. The minimum atomic E-state index is -0.466. The summed E-state index contributed by atoms with van der Waals surface area (Å²) >= 11 is 5.99. The number of nitrogens with zero attached hydrogens (tertiary/aromatic N) is 2. The monoisotopic (exact) mass is 251 g/mol. The first-order valence-corrected chi connectivity index (χ1v) is 5.33. The highest BCUT2D eigenvalue weighted by Gasteiger charge is 2.12. The van der Waals surface area contributed by atoms with Gasteiger partial charge in [0.15, 0.2) is 0 Å². The van der Waals surface area contributed by atoms with Gasteiger partial charge in [0.25, 0.3) is 5.69 Å². The average molecular weight is 252 g/mol. The summed E-state index contributed by atoms with van der Waals surface area (Å²) in [6.07, 6.45) is 0. The zero-order chi connectivity index (χ0) is 12.6. The molecule has 0 radical (unpaired) electrons. The van der Waals surface area contributed by atoms with Gasteiger partial charge in [0.05, 0.1) is 15.5 Å². The minimum Gasteiger partial charge on any atom is -0.373 e. The molecule has 0 atom stereocenters. The van der Waals surface area contributed by atoms with Gasteiger partial charge in [-0.05, 0) is 18.6 Å². The summed E-state index contributed by atoms with van der Waals surface area (Å²) in [5, 5.41) is 14.6. The molecule has 1 heterocycles. The summed E-state index contributed by atoms with van der Waals surface area (Å²) in [5.41, 5.74) is 1.45. The molecule has 0 aliphatic rings. The molecule has 0 unspecified atom stereocenters. The van der Waals surface area contributed by atoms with Gasteiger partial charge in [-0.15, -0.1) is 0 Å². The molecule has 0 aliphatic carbocycles. The summed E-state index contributed by atoms with van der Waals surface area (Å²) in [5.74, 6) is 0.716. The number of fused-ring (bicyclic) bond motifs is 1. The molecule has 1 aromatic heterocycles. The van der Waals surface area contributed by atoms with Crippen LogP contribution in [0.15, 0.2) is 18.2 Å². The number of aryl methyl sites for hydroxylation is 1. The molecule has 0 saturated heterocycles. The van der Waals surface area contributed by atoms with Gasteiger partial charge in [-0.25, -0.2) is 4.98 Å². The van der Waals surface area contributed by atoms with Crippen LogP contribution >= 0.6 is 11.6 Å². The van der Waals surface area contributed by atoms with Crippen LogP contribution in [0.5, 0.6) is 0 Å². The predicted octanol–water partition coefficient (Wildman–Crippen LogP) is 3.15. The second-order valence-electron chi connectivity index (χ2n) is 3.66. The number of benzene rings is 1. The van der Waals surface area contributed by atoms with Crippen LogP contribution in [0, 0.1) is 17.0 Å². The SMILES string of the molecule is CNc1nc2c(Cl)cc([N+](=O)[O-])cc2cc1C. The number of hydrogen-bond donors (Lipinski definition) is 1. The van der Waals surface area contributed by atoms with Gasteiger partial charge in [-0.3, -0.25) is 10.1 Å². The van der Waals surface area contributed by atoms with E-state index < -0.39 is 4.92 Å². The first kappa shape index (κ1) is 11.6. The van der Waals surface area contributed by atoms with E-state index in [0.29, 0.717) is 16.7 Å². The molecule has 5 nitrogen and oxygen atoms in total. The van der Waals surface area contributed by atoms with Crippen molar-refractivity contribution in [1.82, 2.24) is 4.98 Å². The lowest BCUT2D eigenvalue weighted by Gasteiger charge is -2.07. The van der Waals surface area contributed by atoms with Gasteiger partial charge < -0.3 is 5.32 Å². The van der Waals surface area contributed by atoms with Crippen molar-refractivity contribution in [3.63, 3.8) is 0 Å². The van der Waals surface area contributed by atoms with Gasteiger partial charge in [0.2, 0.25) is 0 Å². The molecule has 17 heavy (non-hydrogen) atoms. The fraction of sp³-hybridized carbons (Fsp3) is 0.182. The first-order chi connectivity index (χ1) is 8.02. The summed E-state index contributed by atoms with van der Waals surface area (Å²) in [7, 11) is 1.76. The van der Waals surface area contributed by atoms with Gasteiger partial charge in [-0.2, -0.15) is 0 Å². The Morgan fingerprint density at radius 1 is 1.41 bits per heavy atom. The quantitative estimate of drug-likeness (QED) is 0.658. The maximum absolute atomic E-state index is 10.7. The van der Waals surface area contributed by atoms with Crippen molar-refractivity contribution < 1.29 is 4.92 Å². The van der Waals surface area contributed by atoms with Crippen LogP contribution in [0.3, 0.4) is 0 Å². The second kappa shape index (κ2) is 4.18. The molecule has 6 heteroatoms. The Morgan fingerprint density at radius 3 is 2.71 bits per heavy atom. The van der Waals surface area contributed by atoms with E-state index in [0.717, 1.165) is 5.56 Å². The van der Waals surface area contributed by atoms with Crippen LogP contribution < -0.4 is 5.32 Å². The van der Waals surface area contributed by atoms with Gasteiger partial charge in [-0.1, -0.05) is 11.6 Å². The summed E-state index contributed by atoms with van der Waals surface area (Å²) in [4.78, 5) is 14.6. The van der Waals surface area contributed by atoms with E-state index >= 15 is 0 Å². The number of pyridine rings is 1. The Labute approximate surface area is 103 Å². The third kappa shape index (κ3) is 2.01. The van der Waals surface area contributed by atoms with Gasteiger partial charge >= 0.3 is 0 Å². The van der Waals surface area contributed by atoms with Crippen LogP contribution in [0.4, 0.5) is 11.5 Å². The number of rotatable bonds is 2. The largest absolute Gasteiger partial charge is 0.373 e. The van der Waals surface area contributed by atoms with E-state index in [1.54, 1.807) is 7.05 Å². The summed E-state index contributed by atoms with van der Waals surface area (Å²) in [6, 6.07) is 4.61. The third-order valence-electron chi connectivity index (χ3n) is 2.49. The fourth-order valence-corrected chi connectivity index (χ4v) is 1.96. The number of nitrogens with one attached hydrogen (secondary N) is 1. The lowest BCUT2D eigenvalue weighted by Crippen LogP contribution is -1.97. The maximum Gasteiger partial charge on any atom is 0.271 e. The van der Waals surface area contributed by atoms with E-state index in [1.165, 1.54) is 12.1 Å². The molecule has 2 aromatic rings. The molecule has 0 amide bonds. The molecule has 0 spiro atoms. The fourth-order valence-electron chi connectivity index (χ4n) is 1.69. The van der Waals surface area contributed by atoms with E-state index in [-0.39, 0.29) is 10.7 Å². The smallest absolute Gasteiger partial charge is 0.271 e. The third-order valence-corrected chi connectivity index (χ3v) is 2.78. The number of hydrogen-bond acceptors (Lipinski definition) is 4. The Kier molecular flexibility index (Phi) is 2.85. The van der Waals surface area contributed by atoms with E-state index in [1.807, 2.05) is 13.0 Å². The Hall–Kier alpha value is -1.88. The molecule has 0 aliphatic heterocycles. The highest BCUT2D eigenvalue weighted by Crippen LogP contribution is 2.30. The van der Waals surface area contributed by atoms with Crippen LogP contribution in [0.1, 0.15) is 5.56 Å². The van der Waals surface area contributed by atoms with Crippen LogP contribution in [-0.2, 0) is 0 Å². The number of nitro groups is 1. The zero-order valence-electron chi connectivity index (χ0n) is 9.32. The molecule has 0 bridgehead atoms. The Bertz CT molecular complexity index is 613. The molecule has 0 saturated carbocycles. The molecular weight excluding hydrogens is 242 g/mol. The highest BCUT2D eigenvalue weighted by molar-refractivity contribution is 6.35. The van der Waals surface area contributed by atoms with Gasteiger partial charge in [0, 0.05) is 24.6 Å². The molecule has 0 fully saturated rings. The Balaban J connectivity index is 2.77. The van der Waals surface area contributed by atoms with E-state index in [9.17, 15) is 10.1 Å². The van der Waals surface area contributed by atoms with Crippen molar-refractivity contribution in [1.29, 1.82) is 0 Å². The van der Waals surface area contributed by atoms with Crippen molar-refractivity contribution >= 4 is 34.0 Å². The number of non-ortho nitro benzene ring substituents is 1. The standard InChI is InChI=1S/C11H10ClN3O2/c1-6-3-7-4-8(15(16)17)5-9(12)10(7)14-11(6)13-2/h3-5H,1-2H3,(H,13,14). The lowest BCUT2D eigenvalue weighted by molar-refractivity contribution is -0.384. The van der Waals surface area contributed by atoms with E-state index in [4.69, 9.17) is 11.6 Å². The van der Waals surface area contributed by atoms with Crippen molar-refractivity contribution in [3.8, 4) is 0 Å². The minimum absolute atomic E-state index is 0.0269. The van der Waals surface area contributed by atoms with Crippen molar-refractivity contribution in [2.75, 3.05) is 12.4 Å². The first-order valence-electron chi connectivity index (χ1n) is 4.96. The number of aromatic nitrogens is 1. The molecule has 2 rings (SSSR count). The number of anilines is 1. The summed E-state index contributed by atoms with van der Waals surface area (Å²) < 4.78 is 0. The Morgan fingerprint density at radius 2 is 2.12 bits per heavy atom. The van der Waals surface area contributed by atoms with Crippen molar-refractivity contribution in [2.24, 2.45) is 0 Å². The van der Waals surface area contributed by atoms with Crippen molar-refractivity contribution in [3.05, 3.63) is 38.9 Å². The van der Waals surface area contributed by atoms with Crippen molar-refractivity contribution in [2.45, 2.75) is 6.92 Å². The van der Waals surface area contributed by atoms with Crippen LogP contribution in [0.2, 0.25) is 5.02 Å².